The highest BCUT2D eigenvalue weighted by Crippen LogP contribution is 2.17. The van der Waals surface area contributed by atoms with Crippen molar-refractivity contribution in [2.75, 3.05) is 0 Å². The number of Topliss-reactive ketones (excluding diaryl/α,β-unsaturated/α-hetero) is 1. The zero-order chi connectivity index (χ0) is 13.1. The van der Waals surface area contributed by atoms with E-state index in [4.69, 9.17) is 0 Å². The van der Waals surface area contributed by atoms with Crippen LogP contribution in [-0.4, -0.2) is 23.9 Å². The Balaban J connectivity index is 2.68. The zero-order valence-corrected chi connectivity index (χ0v) is 8.91. The SMILES string of the molecule is C[C@H](NC(=O)c1ccccc1)C(=O)C(F)(F)F. The average molecular weight is 245 g/mol. The zero-order valence-electron chi connectivity index (χ0n) is 8.91. The van der Waals surface area contributed by atoms with Gasteiger partial charge in [-0.3, -0.25) is 9.59 Å². The van der Waals surface area contributed by atoms with Crippen LogP contribution >= 0.6 is 0 Å². The minimum Gasteiger partial charge on any atom is -0.342 e. The van der Waals surface area contributed by atoms with Crippen molar-refractivity contribution in [1.82, 2.24) is 5.32 Å². The monoisotopic (exact) mass is 245 g/mol. The van der Waals surface area contributed by atoms with E-state index in [9.17, 15) is 22.8 Å². The largest absolute Gasteiger partial charge is 0.452 e. The predicted molar refractivity (Wildman–Crippen MR) is 54.4 cm³/mol. The highest BCUT2D eigenvalue weighted by atomic mass is 19.4. The van der Waals surface area contributed by atoms with Gasteiger partial charge in [-0.2, -0.15) is 13.2 Å². The molecular weight excluding hydrogens is 235 g/mol. The van der Waals surface area contributed by atoms with Crippen LogP contribution in [0.4, 0.5) is 13.2 Å². The Bertz CT molecular complexity index is 414. The molecule has 6 heteroatoms. The van der Waals surface area contributed by atoms with Crippen LogP contribution in [0.3, 0.4) is 0 Å². The van der Waals surface area contributed by atoms with Gasteiger partial charge in [0.2, 0.25) is 0 Å². The van der Waals surface area contributed by atoms with Crippen LogP contribution < -0.4 is 5.32 Å². The maximum atomic E-state index is 12.1. The molecule has 1 N–H and O–H groups in total. The normalized spacial score (nSPS) is 12.9. The van der Waals surface area contributed by atoms with Gasteiger partial charge in [0.05, 0.1) is 6.04 Å². The van der Waals surface area contributed by atoms with Crippen LogP contribution in [0.15, 0.2) is 30.3 Å². The molecule has 1 aromatic carbocycles. The van der Waals surface area contributed by atoms with Crippen molar-refractivity contribution >= 4 is 11.7 Å². The second-order valence-corrected chi connectivity index (χ2v) is 3.42. The fraction of sp³-hybridized carbons (Fsp3) is 0.273. The summed E-state index contributed by atoms with van der Waals surface area (Å²) in [6.07, 6.45) is -4.94. The lowest BCUT2D eigenvalue weighted by Crippen LogP contribution is -2.44. The number of nitrogens with one attached hydrogen (secondary N) is 1. The lowest BCUT2D eigenvalue weighted by molar-refractivity contribution is -0.172. The summed E-state index contributed by atoms with van der Waals surface area (Å²) >= 11 is 0. The smallest absolute Gasteiger partial charge is 0.342 e. The molecule has 1 atom stereocenters. The summed E-state index contributed by atoms with van der Waals surface area (Å²) in [5.74, 6) is -2.68. The third kappa shape index (κ3) is 3.58. The average Bonchev–Trinajstić information content (AvgIpc) is 2.27. The van der Waals surface area contributed by atoms with Crippen LogP contribution in [0.1, 0.15) is 17.3 Å². The van der Waals surface area contributed by atoms with Crippen LogP contribution in [0.5, 0.6) is 0 Å². The maximum absolute atomic E-state index is 12.1. The molecule has 1 rings (SSSR count). The van der Waals surface area contributed by atoms with Gasteiger partial charge in [-0.1, -0.05) is 18.2 Å². The molecule has 3 nitrogen and oxygen atoms in total. The first-order chi connectivity index (χ1) is 7.82. The van der Waals surface area contributed by atoms with Crippen molar-refractivity contribution in [3.05, 3.63) is 35.9 Å². The summed E-state index contributed by atoms with van der Waals surface area (Å²) in [5.41, 5.74) is 0.203. The number of hydrogen-bond acceptors (Lipinski definition) is 2. The number of halogens is 3. The number of alkyl halides is 3. The summed E-state index contributed by atoms with van der Waals surface area (Å²) in [7, 11) is 0. The molecule has 0 aliphatic carbocycles. The number of hydrogen-bond donors (Lipinski definition) is 1. The molecule has 0 fully saturated rings. The minimum absolute atomic E-state index is 0.203. The molecule has 0 radical (unpaired) electrons. The van der Waals surface area contributed by atoms with Crippen molar-refractivity contribution in [3.63, 3.8) is 0 Å². The molecule has 1 amide bonds. The Labute approximate surface area is 95.6 Å². The Morgan fingerprint density at radius 2 is 1.71 bits per heavy atom. The van der Waals surface area contributed by atoms with E-state index in [1.807, 2.05) is 5.32 Å². The van der Waals surface area contributed by atoms with Crippen LogP contribution in [0.25, 0.3) is 0 Å². The van der Waals surface area contributed by atoms with E-state index in [1.54, 1.807) is 18.2 Å². The van der Waals surface area contributed by atoms with E-state index < -0.39 is 23.9 Å². The van der Waals surface area contributed by atoms with Gasteiger partial charge in [0.25, 0.3) is 11.7 Å². The number of carbonyl (C=O) groups is 2. The number of benzene rings is 1. The van der Waals surface area contributed by atoms with Gasteiger partial charge in [-0.15, -0.1) is 0 Å². The van der Waals surface area contributed by atoms with Gasteiger partial charge in [0, 0.05) is 5.56 Å². The molecule has 0 unspecified atom stereocenters. The Morgan fingerprint density at radius 1 is 1.18 bits per heavy atom. The standard InChI is InChI=1S/C11H10F3NO2/c1-7(9(16)11(12,13)14)15-10(17)8-5-3-2-4-6-8/h2-7H,1H3,(H,15,17)/t7-/m0/s1. The van der Waals surface area contributed by atoms with Gasteiger partial charge < -0.3 is 5.32 Å². The van der Waals surface area contributed by atoms with Gasteiger partial charge in [-0.05, 0) is 19.1 Å². The van der Waals surface area contributed by atoms with E-state index in [0.717, 1.165) is 6.92 Å². The van der Waals surface area contributed by atoms with Crippen molar-refractivity contribution in [3.8, 4) is 0 Å². The predicted octanol–water partition coefficient (Wildman–Crippen LogP) is 1.94. The lowest BCUT2D eigenvalue weighted by atomic mass is 10.1. The Hall–Kier alpha value is -1.85. The van der Waals surface area contributed by atoms with Crippen LogP contribution in [0.2, 0.25) is 0 Å². The number of rotatable bonds is 3. The highest BCUT2D eigenvalue weighted by molar-refractivity contribution is 5.98. The van der Waals surface area contributed by atoms with Crippen molar-refractivity contribution < 1.29 is 22.8 Å². The van der Waals surface area contributed by atoms with Gasteiger partial charge in [-0.25, -0.2) is 0 Å². The quantitative estimate of drug-likeness (QED) is 0.884. The van der Waals surface area contributed by atoms with Crippen LogP contribution in [0, 0.1) is 0 Å². The molecule has 0 spiro atoms. The van der Waals surface area contributed by atoms with Crippen molar-refractivity contribution in [1.29, 1.82) is 0 Å². The molecule has 1 aromatic rings. The van der Waals surface area contributed by atoms with Crippen molar-refractivity contribution in [2.45, 2.75) is 19.1 Å². The maximum Gasteiger partial charge on any atom is 0.452 e. The first kappa shape index (κ1) is 13.2. The first-order valence-electron chi connectivity index (χ1n) is 4.79. The molecule has 0 bridgehead atoms. The van der Waals surface area contributed by atoms with Gasteiger partial charge in [0.15, 0.2) is 0 Å². The molecule has 0 aliphatic heterocycles. The molecule has 17 heavy (non-hydrogen) atoms. The number of carbonyl (C=O) groups excluding carboxylic acids is 2. The molecule has 0 aromatic heterocycles. The summed E-state index contributed by atoms with van der Waals surface area (Å²) < 4.78 is 36.2. The number of amides is 1. The minimum atomic E-state index is -4.94. The van der Waals surface area contributed by atoms with Crippen LogP contribution in [-0.2, 0) is 4.79 Å². The Morgan fingerprint density at radius 3 is 2.18 bits per heavy atom. The summed E-state index contributed by atoms with van der Waals surface area (Å²) in [5, 5.41) is 1.99. The van der Waals surface area contributed by atoms with E-state index in [0.29, 0.717) is 0 Å². The van der Waals surface area contributed by atoms with E-state index in [2.05, 4.69) is 0 Å². The molecule has 0 heterocycles. The summed E-state index contributed by atoms with van der Waals surface area (Å²) in [6, 6.07) is 6.11. The molecule has 0 saturated carbocycles. The summed E-state index contributed by atoms with van der Waals surface area (Å²) in [4.78, 5) is 22.2. The summed E-state index contributed by atoms with van der Waals surface area (Å²) in [6.45, 7) is 0.997. The lowest BCUT2D eigenvalue weighted by Gasteiger charge is -2.14. The third-order valence-corrected chi connectivity index (χ3v) is 2.06. The third-order valence-electron chi connectivity index (χ3n) is 2.06. The fourth-order valence-corrected chi connectivity index (χ4v) is 1.18. The van der Waals surface area contributed by atoms with Gasteiger partial charge >= 0.3 is 6.18 Å². The topological polar surface area (TPSA) is 46.2 Å². The number of ketones is 1. The van der Waals surface area contributed by atoms with Crippen molar-refractivity contribution in [2.24, 2.45) is 0 Å². The molecule has 0 saturated heterocycles. The second kappa shape index (κ2) is 4.99. The van der Waals surface area contributed by atoms with E-state index in [-0.39, 0.29) is 5.56 Å². The van der Waals surface area contributed by atoms with Gasteiger partial charge in [0.1, 0.15) is 0 Å². The molecular formula is C11H10F3NO2. The molecule has 0 aliphatic rings. The van der Waals surface area contributed by atoms with E-state index >= 15 is 0 Å². The molecule has 92 valence electrons. The van der Waals surface area contributed by atoms with E-state index in [1.165, 1.54) is 12.1 Å². The highest BCUT2D eigenvalue weighted by Gasteiger charge is 2.42. The fourth-order valence-electron chi connectivity index (χ4n) is 1.18. The second-order valence-electron chi connectivity index (χ2n) is 3.42. The first-order valence-corrected chi connectivity index (χ1v) is 4.79. The Kier molecular flexibility index (Phi) is 3.88.